The van der Waals surface area contributed by atoms with Gasteiger partial charge in [0.15, 0.2) is 11.0 Å². The molecule has 30 heavy (non-hydrogen) atoms. The molecule has 1 unspecified atom stereocenters. The number of carbonyl (C=O) groups excluding carboxylic acids is 1. The second-order valence-corrected chi connectivity index (χ2v) is 8.85. The third kappa shape index (κ3) is 4.63. The zero-order valence-corrected chi connectivity index (χ0v) is 18.4. The average molecular weight is 435 g/mol. The number of benzene rings is 2. The summed E-state index contributed by atoms with van der Waals surface area (Å²) in [4.78, 5) is 13.2. The van der Waals surface area contributed by atoms with Crippen molar-refractivity contribution >= 4 is 29.0 Å². The number of aromatic nitrogens is 3. The quantitative estimate of drug-likeness (QED) is 0.395. The highest BCUT2D eigenvalue weighted by atomic mass is 32.2. The van der Waals surface area contributed by atoms with Gasteiger partial charge in [0.1, 0.15) is 0 Å². The summed E-state index contributed by atoms with van der Waals surface area (Å²) in [6, 6.07) is 21.9. The van der Waals surface area contributed by atoms with Crippen LogP contribution in [-0.2, 0) is 5.75 Å². The Morgan fingerprint density at radius 3 is 2.53 bits per heavy atom. The fourth-order valence-electron chi connectivity index (χ4n) is 3.05. The zero-order chi connectivity index (χ0) is 20.9. The second-order valence-electron chi connectivity index (χ2n) is 6.96. The Labute approximate surface area is 184 Å². The van der Waals surface area contributed by atoms with E-state index in [1.54, 1.807) is 11.8 Å². The maximum Gasteiger partial charge on any atom is 0.261 e. The number of thiophene rings is 1. The molecule has 1 atom stereocenters. The topological polar surface area (TPSA) is 59.8 Å². The monoisotopic (exact) mass is 434 g/mol. The fraction of sp³-hybridized carbons (Fsp3) is 0.174. The molecule has 0 aliphatic carbocycles. The molecule has 2 heterocycles. The number of hydrogen-bond acceptors (Lipinski definition) is 5. The van der Waals surface area contributed by atoms with Gasteiger partial charge in [0.2, 0.25) is 0 Å². The molecule has 1 N–H and O–H groups in total. The summed E-state index contributed by atoms with van der Waals surface area (Å²) in [6.07, 6.45) is 0. The first-order chi connectivity index (χ1) is 14.6. The van der Waals surface area contributed by atoms with Crippen molar-refractivity contribution in [1.29, 1.82) is 0 Å². The van der Waals surface area contributed by atoms with Crippen LogP contribution in [0.5, 0.6) is 0 Å². The molecule has 0 spiro atoms. The first-order valence-corrected chi connectivity index (χ1v) is 11.5. The highest BCUT2D eigenvalue weighted by molar-refractivity contribution is 7.98. The normalized spacial score (nSPS) is 11.9. The first-order valence-electron chi connectivity index (χ1n) is 9.65. The lowest BCUT2D eigenvalue weighted by Crippen LogP contribution is -2.28. The van der Waals surface area contributed by atoms with Crippen LogP contribution in [0.15, 0.2) is 77.3 Å². The van der Waals surface area contributed by atoms with Gasteiger partial charge in [-0.3, -0.25) is 9.36 Å². The van der Waals surface area contributed by atoms with Gasteiger partial charge in [-0.25, -0.2) is 0 Å². The van der Waals surface area contributed by atoms with Crippen LogP contribution in [-0.4, -0.2) is 20.7 Å². The van der Waals surface area contributed by atoms with Gasteiger partial charge in [-0.05, 0) is 43.0 Å². The van der Waals surface area contributed by atoms with Crippen LogP contribution in [0, 0.1) is 6.92 Å². The van der Waals surface area contributed by atoms with Gasteiger partial charge >= 0.3 is 0 Å². The molecule has 2 aromatic carbocycles. The van der Waals surface area contributed by atoms with E-state index in [0.717, 1.165) is 16.6 Å². The van der Waals surface area contributed by atoms with E-state index in [2.05, 4.69) is 58.8 Å². The lowest BCUT2D eigenvalue weighted by molar-refractivity contribution is 0.0942. The lowest BCUT2D eigenvalue weighted by Gasteiger charge is -2.16. The van der Waals surface area contributed by atoms with Gasteiger partial charge in [-0.15, -0.1) is 21.5 Å². The zero-order valence-electron chi connectivity index (χ0n) is 16.8. The van der Waals surface area contributed by atoms with E-state index in [4.69, 9.17) is 0 Å². The Hall–Kier alpha value is -2.90. The second kappa shape index (κ2) is 9.28. The summed E-state index contributed by atoms with van der Waals surface area (Å²) in [5.41, 5.74) is 3.39. The minimum atomic E-state index is -0.292. The van der Waals surface area contributed by atoms with Crippen LogP contribution in [0.1, 0.15) is 39.6 Å². The average Bonchev–Trinajstić information content (AvgIpc) is 3.44. The van der Waals surface area contributed by atoms with Crippen molar-refractivity contribution in [2.75, 3.05) is 0 Å². The van der Waals surface area contributed by atoms with Crippen molar-refractivity contribution in [3.05, 3.63) is 93.9 Å². The van der Waals surface area contributed by atoms with Crippen molar-refractivity contribution in [2.45, 2.75) is 30.8 Å². The number of thioether (sulfide) groups is 1. The minimum Gasteiger partial charge on any atom is -0.342 e. The largest absolute Gasteiger partial charge is 0.342 e. The van der Waals surface area contributed by atoms with E-state index in [0.29, 0.717) is 10.7 Å². The van der Waals surface area contributed by atoms with Crippen molar-refractivity contribution in [3.8, 4) is 5.69 Å². The summed E-state index contributed by atoms with van der Waals surface area (Å²) in [6.45, 7) is 4.00. The molecule has 0 bridgehead atoms. The van der Waals surface area contributed by atoms with Gasteiger partial charge < -0.3 is 5.32 Å². The summed E-state index contributed by atoms with van der Waals surface area (Å²) in [5.74, 6) is 1.40. The van der Waals surface area contributed by atoms with Crippen LogP contribution in [0.2, 0.25) is 0 Å². The standard InChI is InChI=1S/C23H22N4OS2/c1-16-10-12-19(13-11-16)27-21(17(2)24-22(28)20-9-6-14-29-20)25-26-23(27)30-15-18-7-4-3-5-8-18/h3-14,17H,15H2,1-2H3,(H,24,28). The van der Waals surface area contributed by atoms with Gasteiger partial charge in [-0.1, -0.05) is 65.9 Å². The molecule has 4 aromatic rings. The van der Waals surface area contributed by atoms with Crippen molar-refractivity contribution in [3.63, 3.8) is 0 Å². The molecule has 4 rings (SSSR count). The summed E-state index contributed by atoms with van der Waals surface area (Å²) in [5, 5.41) is 14.6. The Balaban J connectivity index is 1.63. The molecular formula is C23H22N4OS2. The highest BCUT2D eigenvalue weighted by Gasteiger charge is 2.22. The van der Waals surface area contributed by atoms with Gasteiger partial charge in [0, 0.05) is 11.4 Å². The minimum absolute atomic E-state index is 0.102. The molecule has 0 fully saturated rings. The third-order valence-electron chi connectivity index (χ3n) is 4.64. The van der Waals surface area contributed by atoms with Crippen LogP contribution in [0.3, 0.4) is 0 Å². The molecule has 2 aromatic heterocycles. The number of nitrogens with zero attached hydrogens (tertiary/aromatic N) is 3. The SMILES string of the molecule is Cc1ccc(-n2c(SCc3ccccc3)nnc2C(C)NC(=O)c2cccs2)cc1. The lowest BCUT2D eigenvalue weighted by atomic mass is 10.2. The molecule has 7 heteroatoms. The highest BCUT2D eigenvalue weighted by Crippen LogP contribution is 2.28. The number of carbonyl (C=O) groups is 1. The van der Waals surface area contributed by atoms with E-state index in [-0.39, 0.29) is 11.9 Å². The number of aryl methyl sites for hydroxylation is 1. The molecule has 5 nitrogen and oxygen atoms in total. The smallest absolute Gasteiger partial charge is 0.261 e. The number of amides is 1. The predicted molar refractivity (Wildman–Crippen MR) is 122 cm³/mol. The molecule has 0 saturated heterocycles. The van der Waals surface area contributed by atoms with Crippen molar-refractivity contribution in [2.24, 2.45) is 0 Å². The van der Waals surface area contributed by atoms with E-state index < -0.39 is 0 Å². The molecule has 152 valence electrons. The van der Waals surface area contributed by atoms with Crippen LogP contribution in [0.4, 0.5) is 0 Å². The Kier molecular flexibility index (Phi) is 6.30. The Morgan fingerprint density at radius 1 is 1.07 bits per heavy atom. The Morgan fingerprint density at radius 2 is 1.83 bits per heavy atom. The molecule has 0 saturated carbocycles. The third-order valence-corrected chi connectivity index (χ3v) is 6.51. The maximum atomic E-state index is 12.5. The first kappa shape index (κ1) is 20.4. The van der Waals surface area contributed by atoms with E-state index in [1.807, 2.05) is 47.2 Å². The number of hydrogen-bond donors (Lipinski definition) is 1. The van der Waals surface area contributed by atoms with Crippen molar-refractivity contribution < 1.29 is 4.79 Å². The van der Waals surface area contributed by atoms with Crippen molar-refractivity contribution in [1.82, 2.24) is 20.1 Å². The van der Waals surface area contributed by atoms with E-state index in [1.165, 1.54) is 22.5 Å². The summed E-state index contributed by atoms with van der Waals surface area (Å²) < 4.78 is 2.03. The molecule has 0 aliphatic rings. The molecule has 0 aliphatic heterocycles. The van der Waals surface area contributed by atoms with Crippen LogP contribution >= 0.6 is 23.1 Å². The summed E-state index contributed by atoms with van der Waals surface area (Å²) in [7, 11) is 0. The molecular weight excluding hydrogens is 412 g/mol. The van der Waals surface area contributed by atoms with E-state index >= 15 is 0 Å². The fourth-order valence-corrected chi connectivity index (χ4v) is 4.60. The maximum absolute atomic E-state index is 12.5. The Bertz CT molecular complexity index is 1110. The van der Waals surface area contributed by atoms with Gasteiger partial charge in [-0.2, -0.15) is 0 Å². The van der Waals surface area contributed by atoms with Crippen LogP contribution in [0.25, 0.3) is 5.69 Å². The van der Waals surface area contributed by atoms with Crippen LogP contribution < -0.4 is 5.32 Å². The molecule has 0 radical (unpaired) electrons. The predicted octanol–water partition coefficient (Wildman–Crippen LogP) is 5.42. The summed E-state index contributed by atoms with van der Waals surface area (Å²) >= 11 is 3.06. The van der Waals surface area contributed by atoms with E-state index in [9.17, 15) is 4.79 Å². The van der Waals surface area contributed by atoms with Gasteiger partial charge in [0.25, 0.3) is 5.91 Å². The number of nitrogens with one attached hydrogen (secondary N) is 1. The molecule has 1 amide bonds. The number of rotatable bonds is 7. The van der Waals surface area contributed by atoms with Gasteiger partial charge in [0.05, 0.1) is 10.9 Å².